The molecule has 0 aliphatic carbocycles. The molecule has 102 valence electrons. The summed E-state index contributed by atoms with van der Waals surface area (Å²) < 4.78 is 26.4. The number of hydrogen-bond donors (Lipinski definition) is 2. The van der Waals surface area contributed by atoms with Crippen molar-refractivity contribution in [3.05, 3.63) is 41.2 Å². The molecular formula is C11H8ClN5O2S. The summed E-state index contributed by atoms with van der Waals surface area (Å²) in [7, 11) is -3.90. The molecule has 0 saturated heterocycles. The van der Waals surface area contributed by atoms with E-state index in [1.807, 2.05) is 6.07 Å². The van der Waals surface area contributed by atoms with E-state index in [1.165, 1.54) is 18.2 Å². The number of nitrogens with two attached hydrogens (primary N) is 1. The lowest BCUT2D eigenvalue weighted by Gasteiger charge is -2.09. The second-order valence-electron chi connectivity index (χ2n) is 3.69. The highest BCUT2D eigenvalue weighted by atomic mass is 35.5. The van der Waals surface area contributed by atoms with Crippen LogP contribution in [0.5, 0.6) is 0 Å². The number of nitrogens with zero attached hydrogens (tertiary/aromatic N) is 3. The van der Waals surface area contributed by atoms with Gasteiger partial charge in [0.05, 0.1) is 34.7 Å². The van der Waals surface area contributed by atoms with Gasteiger partial charge in [0.2, 0.25) is 5.95 Å². The summed E-state index contributed by atoms with van der Waals surface area (Å²) in [6.45, 7) is 0. The molecule has 0 atom stereocenters. The second-order valence-corrected chi connectivity index (χ2v) is 5.78. The van der Waals surface area contributed by atoms with Gasteiger partial charge in [-0.3, -0.25) is 4.72 Å². The monoisotopic (exact) mass is 309 g/mol. The van der Waals surface area contributed by atoms with Crippen molar-refractivity contribution >= 4 is 33.3 Å². The van der Waals surface area contributed by atoms with Crippen molar-refractivity contribution in [3.8, 4) is 6.07 Å². The highest BCUT2D eigenvalue weighted by Crippen LogP contribution is 2.25. The van der Waals surface area contributed by atoms with Gasteiger partial charge in [-0.25, -0.2) is 18.4 Å². The van der Waals surface area contributed by atoms with Crippen LogP contribution in [0.1, 0.15) is 5.56 Å². The highest BCUT2D eigenvalue weighted by molar-refractivity contribution is 7.92. The first kappa shape index (κ1) is 14.0. The van der Waals surface area contributed by atoms with Crippen LogP contribution in [0.4, 0.5) is 11.6 Å². The Balaban J connectivity index is 2.38. The lowest BCUT2D eigenvalue weighted by molar-refractivity contribution is 0.600. The van der Waals surface area contributed by atoms with E-state index in [-0.39, 0.29) is 27.1 Å². The van der Waals surface area contributed by atoms with E-state index in [0.29, 0.717) is 0 Å². The van der Waals surface area contributed by atoms with Gasteiger partial charge in [-0.1, -0.05) is 11.6 Å². The molecule has 0 bridgehead atoms. The average Bonchev–Trinajstić information content (AvgIpc) is 2.41. The van der Waals surface area contributed by atoms with Crippen LogP contribution >= 0.6 is 11.6 Å². The Morgan fingerprint density at radius 3 is 2.55 bits per heavy atom. The van der Waals surface area contributed by atoms with Crippen molar-refractivity contribution in [2.75, 3.05) is 10.5 Å². The van der Waals surface area contributed by atoms with Crippen LogP contribution in [0.3, 0.4) is 0 Å². The number of nitriles is 1. The minimum Gasteiger partial charge on any atom is -0.368 e. The van der Waals surface area contributed by atoms with Crippen molar-refractivity contribution < 1.29 is 8.42 Å². The van der Waals surface area contributed by atoms with Crippen LogP contribution in [0, 0.1) is 11.3 Å². The summed E-state index contributed by atoms with van der Waals surface area (Å²) in [6, 6.07) is 6.13. The minimum atomic E-state index is -3.90. The van der Waals surface area contributed by atoms with Gasteiger partial charge >= 0.3 is 0 Å². The van der Waals surface area contributed by atoms with Gasteiger partial charge in [0, 0.05) is 0 Å². The molecule has 1 heterocycles. The Hall–Kier alpha value is -2.37. The molecule has 0 aliphatic rings. The van der Waals surface area contributed by atoms with Crippen molar-refractivity contribution in [1.82, 2.24) is 9.97 Å². The fourth-order valence-corrected chi connectivity index (χ4v) is 2.52. The van der Waals surface area contributed by atoms with Gasteiger partial charge in [0.15, 0.2) is 0 Å². The minimum absolute atomic E-state index is 0.0338. The fourth-order valence-electron chi connectivity index (χ4n) is 1.34. The largest absolute Gasteiger partial charge is 0.368 e. The number of nitrogens with one attached hydrogen (secondary N) is 1. The van der Waals surface area contributed by atoms with Gasteiger partial charge in [-0.15, -0.1) is 0 Å². The first-order valence-corrected chi connectivity index (χ1v) is 7.08. The summed E-state index contributed by atoms with van der Waals surface area (Å²) in [5.41, 5.74) is 5.67. The Morgan fingerprint density at radius 2 is 1.95 bits per heavy atom. The van der Waals surface area contributed by atoms with E-state index < -0.39 is 10.0 Å². The highest BCUT2D eigenvalue weighted by Gasteiger charge is 2.17. The SMILES string of the molecule is N#Cc1ccc(Cl)c(NS(=O)(=O)c2cnc(N)nc2)c1. The number of hydrogen-bond acceptors (Lipinski definition) is 6. The molecule has 20 heavy (non-hydrogen) atoms. The Morgan fingerprint density at radius 1 is 1.30 bits per heavy atom. The Labute approximate surface area is 120 Å². The molecule has 0 saturated carbocycles. The molecule has 2 rings (SSSR count). The fraction of sp³-hybridized carbons (Fsp3) is 0. The lowest BCUT2D eigenvalue weighted by Crippen LogP contribution is -2.14. The molecule has 1 aromatic heterocycles. The molecule has 0 radical (unpaired) electrons. The molecule has 0 fully saturated rings. The van der Waals surface area contributed by atoms with E-state index in [2.05, 4.69) is 14.7 Å². The number of anilines is 2. The van der Waals surface area contributed by atoms with Crippen LogP contribution in [0.2, 0.25) is 5.02 Å². The van der Waals surface area contributed by atoms with Crippen molar-refractivity contribution in [2.24, 2.45) is 0 Å². The third-order valence-corrected chi connectivity index (χ3v) is 3.95. The Kier molecular flexibility index (Phi) is 3.74. The smallest absolute Gasteiger partial charge is 0.265 e. The topological polar surface area (TPSA) is 122 Å². The zero-order valence-corrected chi connectivity index (χ0v) is 11.5. The zero-order valence-electron chi connectivity index (χ0n) is 9.91. The molecule has 3 N–H and O–H groups in total. The van der Waals surface area contributed by atoms with E-state index in [1.54, 1.807) is 0 Å². The van der Waals surface area contributed by atoms with Gasteiger partial charge in [0.1, 0.15) is 4.90 Å². The summed E-state index contributed by atoms with van der Waals surface area (Å²) >= 11 is 5.88. The number of nitrogen functional groups attached to an aromatic ring is 1. The summed E-state index contributed by atoms with van der Waals surface area (Å²) in [4.78, 5) is 7.05. The van der Waals surface area contributed by atoms with Gasteiger partial charge in [0.25, 0.3) is 10.0 Å². The molecule has 1 aromatic carbocycles. The van der Waals surface area contributed by atoms with Crippen LogP contribution in [-0.2, 0) is 10.0 Å². The lowest BCUT2D eigenvalue weighted by atomic mass is 10.2. The molecule has 0 spiro atoms. The number of rotatable bonds is 3. The van der Waals surface area contributed by atoms with Crippen molar-refractivity contribution in [1.29, 1.82) is 5.26 Å². The third kappa shape index (κ3) is 2.96. The zero-order chi connectivity index (χ0) is 14.8. The van der Waals surface area contributed by atoms with Crippen LogP contribution < -0.4 is 10.5 Å². The van der Waals surface area contributed by atoms with Crippen molar-refractivity contribution in [2.45, 2.75) is 4.90 Å². The molecular weight excluding hydrogens is 302 g/mol. The molecule has 2 aromatic rings. The van der Waals surface area contributed by atoms with E-state index in [0.717, 1.165) is 12.4 Å². The first-order valence-electron chi connectivity index (χ1n) is 5.22. The van der Waals surface area contributed by atoms with Crippen molar-refractivity contribution in [3.63, 3.8) is 0 Å². The Bertz CT molecular complexity index is 783. The number of benzene rings is 1. The standard InChI is InChI=1S/C11H8ClN5O2S/c12-9-2-1-7(4-13)3-10(9)17-20(18,19)8-5-15-11(14)16-6-8/h1-3,5-6,17H,(H2,14,15,16). The van der Waals surface area contributed by atoms with E-state index in [4.69, 9.17) is 22.6 Å². The number of sulfonamides is 1. The molecule has 0 aliphatic heterocycles. The maximum absolute atomic E-state index is 12.1. The number of halogens is 1. The van der Waals surface area contributed by atoms with Crippen LogP contribution in [0.25, 0.3) is 0 Å². The van der Waals surface area contributed by atoms with Gasteiger partial charge < -0.3 is 5.73 Å². The van der Waals surface area contributed by atoms with E-state index >= 15 is 0 Å². The predicted octanol–water partition coefficient (Wildman–Crippen LogP) is 1.38. The maximum atomic E-state index is 12.1. The average molecular weight is 310 g/mol. The quantitative estimate of drug-likeness (QED) is 0.883. The third-order valence-electron chi connectivity index (χ3n) is 2.30. The molecule has 0 amide bonds. The first-order chi connectivity index (χ1) is 9.42. The normalized spacial score (nSPS) is 10.8. The van der Waals surface area contributed by atoms with Crippen LogP contribution in [-0.4, -0.2) is 18.4 Å². The van der Waals surface area contributed by atoms with E-state index in [9.17, 15) is 8.42 Å². The summed E-state index contributed by atoms with van der Waals surface area (Å²) in [5.74, 6) is -0.0338. The van der Waals surface area contributed by atoms with Gasteiger partial charge in [-0.2, -0.15) is 5.26 Å². The molecule has 7 nitrogen and oxygen atoms in total. The number of aromatic nitrogens is 2. The van der Waals surface area contributed by atoms with Crippen LogP contribution in [0.15, 0.2) is 35.5 Å². The summed E-state index contributed by atoms with van der Waals surface area (Å²) in [6.07, 6.45) is 2.15. The summed E-state index contributed by atoms with van der Waals surface area (Å²) in [5, 5.41) is 8.96. The van der Waals surface area contributed by atoms with Gasteiger partial charge in [-0.05, 0) is 18.2 Å². The molecule has 9 heteroatoms. The predicted molar refractivity (Wildman–Crippen MR) is 73.4 cm³/mol. The second kappa shape index (κ2) is 5.32. The maximum Gasteiger partial charge on any atom is 0.265 e. The molecule has 0 unspecified atom stereocenters.